The fourth-order valence-corrected chi connectivity index (χ4v) is 5.48. The lowest BCUT2D eigenvalue weighted by atomic mass is 9.92. The van der Waals surface area contributed by atoms with E-state index in [1.165, 1.54) is 12.0 Å². The summed E-state index contributed by atoms with van der Waals surface area (Å²) in [5.41, 5.74) is 3.44. The number of carbonyl (C=O) groups is 1. The molecule has 0 aliphatic carbocycles. The Balaban J connectivity index is 1.11. The maximum Gasteiger partial charge on any atom is 0.158 e. The highest BCUT2D eigenvalue weighted by molar-refractivity contribution is 8.03. The van der Waals surface area contributed by atoms with E-state index in [1.54, 1.807) is 17.8 Å². The Morgan fingerprint density at radius 3 is 2.77 bits per heavy atom. The maximum absolute atomic E-state index is 12.8. The van der Waals surface area contributed by atoms with Gasteiger partial charge in [-0.05, 0) is 81.2 Å². The van der Waals surface area contributed by atoms with Crippen molar-refractivity contribution in [3.05, 3.63) is 83.0 Å². The van der Waals surface area contributed by atoms with Gasteiger partial charge < -0.3 is 4.90 Å². The number of nitrogens with zero attached hydrogens (tertiary/aromatic N) is 3. The molecule has 4 nitrogen and oxygen atoms in total. The van der Waals surface area contributed by atoms with E-state index >= 15 is 0 Å². The molecule has 0 saturated carbocycles. The summed E-state index contributed by atoms with van der Waals surface area (Å²) in [5, 5.41) is 1.14. The van der Waals surface area contributed by atoms with Crippen LogP contribution in [0, 0.1) is 5.92 Å². The number of thioether (sulfide) groups is 1. The summed E-state index contributed by atoms with van der Waals surface area (Å²) >= 11 is 1.69. The Bertz CT molecular complexity index is 1120. The molecule has 0 N–H and O–H groups in total. The molecule has 5 rings (SSSR count). The van der Waals surface area contributed by atoms with Crippen molar-refractivity contribution in [3.8, 4) is 0 Å². The lowest BCUT2D eigenvalue weighted by Gasteiger charge is -2.30. The number of benzene rings is 1. The highest BCUT2D eigenvalue weighted by Crippen LogP contribution is 2.35. The molecule has 0 spiro atoms. The van der Waals surface area contributed by atoms with Gasteiger partial charge in [-0.3, -0.25) is 9.20 Å². The van der Waals surface area contributed by atoms with Crippen molar-refractivity contribution in [3.63, 3.8) is 0 Å². The highest BCUT2D eigenvalue weighted by Gasteiger charge is 2.23. The second-order valence-electron chi connectivity index (χ2n) is 8.33. The third-order valence-electron chi connectivity index (χ3n) is 6.22. The minimum Gasteiger partial charge on any atom is -0.303 e. The van der Waals surface area contributed by atoms with E-state index in [0.717, 1.165) is 60.2 Å². The zero-order valence-corrected chi connectivity index (χ0v) is 18.4. The van der Waals surface area contributed by atoms with E-state index in [1.807, 2.05) is 24.4 Å². The molecule has 31 heavy (non-hydrogen) atoms. The van der Waals surface area contributed by atoms with E-state index in [2.05, 4.69) is 56.8 Å². The molecule has 0 unspecified atom stereocenters. The van der Waals surface area contributed by atoms with Crippen LogP contribution in [0.15, 0.2) is 76.8 Å². The number of imidazole rings is 1. The molecule has 1 fully saturated rings. The number of aryl methyl sites for hydroxylation is 1. The fraction of sp³-hybridized carbons (Fsp3) is 0.308. The number of aromatic nitrogens is 2. The van der Waals surface area contributed by atoms with Gasteiger partial charge in [0.25, 0.3) is 0 Å². The number of carbonyl (C=O) groups excluding carboxylic acids is 1. The number of piperidine rings is 1. The third kappa shape index (κ3) is 4.68. The van der Waals surface area contributed by atoms with Crippen molar-refractivity contribution in [2.45, 2.75) is 30.7 Å². The molecule has 5 heteroatoms. The minimum atomic E-state index is 0.157. The standard InChI is InChI=1S/C26H27N3OS/c30-24(12-11-23-18-22-19-27-25-9-4-10-26(31-23)29(22)25)21-13-16-28(17-14-21)15-5-8-20-6-2-1-3-7-20/h1-4,6-7,9-12,18-19,21H,5,8,13-17H2/b12-11+. The predicted molar refractivity (Wildman–Crippen MR) is 127 cm³/mol. The second-order valence-corrected chi connectivity index (χ2v) is 9.42. The minimum absolute atomic E-state index is 0.157. The van der Waals surface area contributed by atoms with Crippen LogP contribution in [-0.4, -0.2) is 39.7 Å². The summed E-state index contributed by atoms with van der Waals surface area (Å²) in [7, 11) is 0. The lowest BCUT2D eigenvalue weighted by molar-refractivity contribution is -0.119. The Labute approximate surface area is 187 Å². The van der Waals surface area contributed by atoms with Crippen LogP contribution in [0.1, 0.15) is 30.5 Å². The van der Waals surface area contributed by atoms with Gasteiger partial charge in [0.2, 0.25) is 0 Å². The van der Waals surface area contributed by atoms with Crippen LogP contribution in [-0.2, 0) is 11.2 Å². The van der Waals surface area contributed by atoms with Gasteiger partial charge in [-0.25, -0.2) is 4.98 Å². The molecular weight excluding hydrogens is 402 g/mol. The van der Waals surface area contributed by atoms with Gasteiger partial charge in [0.1, 0.15) is 5.65 Å². The SMILES string of the molecule is O=C(/C=C/C1=Cc2cnc3cccc(n23)S1)C1CCN(CCCc2ccccc2)CC1. The molecule has 1 saturated heterocycles. The van der Waals surface area contributed by atoms with Crippen molar-refractivity contribution in [2.75, 3.05) is 19.6 Å². The van der Waals surface area contributed by atoms with Crippen molar-refractivity contribution >= 4 is 29.3 Å². The summed E-state index contributed by atoms with van der Waals surface area (Å²) < 4.78 is 2.15. The fourth-order valence-electron chi connectivity index (χ4n) is 4.48. The number of allylic oxidation sites excluding steroid dienone is 2. The zero-order valence-electron chi connectivity index (χ0n) is 17.6. The molecule has 4 heterocycles. The van der Waals surface area contributed by atoms with Crippen molar-refractivity contribution in [1.29, 1.82) is 0 Å². The number of pyridine rings is 1. The number of likely N-dealkylation sites (tertiary alicyclic amines) is 1. The highest BCUT2D eigenvalue weighted by atomic mass is 32.2. The van der Waals surface area contributed by atoms with Crippen molar-refractivity contribution < 1.29 is 4.79 Å². The van der Waals surface area contributed by atoms with Gasteiger partial charge in [-0.1, -0.05) is 48.2 Å². The predicted octanol–water partition coefficient (Wildman–Crippen LogP) is 5.25. The van der Waals surface area contributed by atoms with Crippen LogP contribution in [0.25, 0.3) is 11.7 Å². The molecule has 0 radical (unpaired) electrons. The topological polar surface area (TPSA) is 37.6 Å². The largest absolute Gasteiger partial charge is 0.303 e. The second kappa shape index (κ2) is 9.25. The third-order valence-corrected chi connectivity index (χ3v) is 7.24. The van der Waals surface area contributed by atoms with E-state index in [9.17, 15) is 4.79 Å². The molecule has 1 aromatic carbocycles. The average molecular weight is 430 g/mol. The van der Waals surface area contributed by atoms with Gasteiger partial charge >= 0.3 is 0 Å². The van der Waals surface area contributed by atoms with Crippen LogP contribution >= 0.6 is 11.8 Å². The van der Waals surface area contributed by atoms with Gasteiger partial charge in [-0.15, -0.1) is 0 Å². The summed E-state index contributed by atoms with van der Waals surface area (Å²) in [6, 6.07) is 16.8. The normalized spacial score (nSPS) is 17.4. The quantitative estimate of drug-likeness (QED) is 0.481. The number of rotatable bonds is 7. The maximum atomic E-state index is 12.8. The van der Waals surface area contributed by atoms with E-state index in [4.69, 9.17) is 0 Å². The summed E-state index contributed by atoms with van der Waals surface area (Å²) in [6.45, 7) is 3.17. The number of hydrogen-bond donors (Lipinski definition) is 0. The lowest BCUT2D eigenvalue weighted by Crippen LogP contribution is -2.36. The molecule has 2 aliphatic rings. The first-order chi connectivity index (χ1) is 15.3. The molecule has 2 aliphatic heterocycles. The van der Waals surface area contributed by atoms with Crippen molar-refractivity contribution in [2.24, 2.45) is 5.92 Å². The summed E-state index contributed by atoms with van der Waals surface area (Å²) in [6.07, 6.45) is 12.0. The first-order valence-electron chi connectivity index (χ1n) is 11.1. The summed E-state index contributed by atoms with van der Waals surface area (Å²) in [4.78, 5) is 20.8. The van der Waals surface area contributed by atoms with E-state index in [-0.39, 0.29) is 11.7 Å². The molecule has 3 aromatic rings. The van der Waals surface area contributed by atoms with Crippen LogP contribution < -0.4 is 0 Å². The first-order valence-corrected chi connectivity index (χ1v) is 11.9. The summed E-state index contributed by atoms with van der Waals surface area (Å²) in [5.74, 6) is 0.424. The van der Waals surface area contributed by atoms with Crippen LogP contribution in [0.3, 0.4) is 0 Å². The van der Waals surface area contributed by atoms with Gasteiger partial charge in [-0.2, -0.15) is 0 Å². The van der Waals surface area contributed by atoms with Gasteiger partial charge in [0.15, 0.2) is 5.78 Å². The van der Waals surface area contributed by atoms with Crippen LogP contribution in [0.2, 0.25) is 0 Å². The average Bonchev–Trinajstić information content (AvgIpc) is 3.23. The molecule has 0 amide bonds. The Morgan fingerprint density at radius 2 is 1.94 bits per heavy atom. The molecule has 0 atom stereocenters. The number of hydrogen-bond acceptors (Lipinski definition) is 4. The van der Waals surface area contributed by atoms with Crippen LogP contribution in [0.4, 0.5) is 0 Å². The smallest absolute Gasteiger partial charge is 0.158 e. The molecular formula is C26H27N3OS. The molecule has 2 aromatic heterocycles. The van der Waals surface area contributed by atoms with Gasteiger partial charge in [0, 0.05) is 10.8 Å². The zero-order chi connectivity index (χ0) is 21.0. The van der Waals surface area contributed by atoms with Crippen LogP contribution in [0.5, 0.6) is 0 Å². The van der Waals surface area contributed by atoms with E-state index in [0.29, 0.717) is 0 Å². The number of ketones is 1. The Hall–Kier alpha value is -2.63. The molecule has 0 bridgehead atoms. The monoisotopic (exact) mass is 429 g/mol. The van der Waals surface area contributed by atoms with E-state index < -0.39 is 0 Å². The molecule has 158 valence electrons. The first kappa shape index (κ1) is 20.3. The van der Waals surface area contributed by atoms with Crippen molar-refractivity contribution in [1.82, 2.24) is 14.3 Å². The Kier molecular flexibility index (Phi) is 6.05. The van der Waals surface area contributed by atoms with Gasteiger partial charge in [0.05, 0.1) is 16.9 Å². The Morgan fingerprint density at radius 1 is 1.10 bits per heavy atom.